The lowest BCUT2D eigenvalue weighted by atomic mass is 10.1. The van der Waals surface area contributed by atoms with E-state index in [0.29, 0.717) is 0 Å². The van der Waals surface area contributed by atoms with Gasteiger partial charge in [0, 0.05) is 6.42 Å². The molecule has 0 aliphatic rings. The molecule has 0 spiro atoms. The Bertz CT molecular complexity index is 447. The molecule has 1 aromatic rings. The molecule has 0 saturated carbocycles. The van der Waals surface area contributed by atoms with Gasteiger partial charge >= 0.3 is 5.97 Å². The minimum Gasteiger partial charge on any atom is -0.477 e. The standard InChI is InChI=1S/C15H16O2/c1-2-3-4-8-11-14(15(16)17)12-13-9-6-5-7-10-13/h5-7,9-10,12H,2-4H2,1H3,(H,16,17)/b14-12+. The second-order valence-electron chi connectivity index (χ2n) is 3.68. The van der Waals surface area contributed by atoms with Gasteiger partial charge in [-0.2, -0.15) is 0 Å². The van der Waals surface area contributed by atoms with Crippen LogP contribution >= 0.6 is 0 Å². The summed E-state index contributed by atoms with van der Waals surface area (Å²) in [7, 11) is 0. The summed E-state index contributed by atoms with van der Waals surface area (Å²) in [5, 5.41) is 9.02. The minimum atomic E-state index is -0.974. The van der Waals surface area contributed by atoms with Gasteiger partial charge in [-0.25, -0.2) is 4.79 Å². The van der Waals surface area contributed by atoms with Crippen LogP contribution in [0.5, 0.6) is 0 Å². The van der Waals surface area contributed by atoms with Gasteiger partial charge in [0.15, 0.2) is 0 Å². The Labute approximate surface area is 102 Å². The van der Waals surface area contributed by atoms with Crippen molar-refractivity contribution in [3.05, 3.63) is 41.5 Å². The van der Waals surface area contributed by atoms with E-state index in [1.807, 2.05) is 30.3 Å². The maximum atomic E-state index is 11.0. The number of unbranched alkanes of at least 4 members (excludes halogenated alkanes) is 2. The Morgan fingerprint density at radius 3 is 2.65 bits per heavy atom. The monoisotopic (exact) mass is 228 g/mol. The van der Waals surface area contributed by atoms with E-state index in [1.165, 1.54) is 0 Å². The van der Waals surface area contributed by atoms with Crippen molar-refractivity contribution in [2.24, 2.45) is 0 Å². The van der Waals surface area contributed by atoms with Crippen LogP contribution in [-0.4, -0.2) is 11.1 Å². The molecule has 2 heteroatoms. The summed E-state index contributed by atoms with van der Waals surface area (Å²) in [6.45, 7) is 2.08. The van der Waals surface area contributed by atoms with Crippen molar-refractivity contribution in [1.29, 1.82) is 0 Å². The van der Waals surface area contributed by atoms with Crippen LogP contribution in [0.25, 0.3) is 6.08 Å². The van der Waals surface area contributed by atoms with E-state index < -0.39 is 5.97 Å². The first-order valence-electron chi connectivity index (χ1n) is 5.73. The molecule has 0 radical (unpaired) electrons. The van der Waals surface area contributed by atoms with Gasteiger partial charge in [-0.3, -0.25) is 0 Å². The average molecular weight is 228 g/mol. The quantitative estimate of drug-likeness (QED) is 0.487. The number of carboxylic acid groups (broad SMARTS) is 1. The third-order valence-corrected chi connectivity index (χ3v) is 2.22. The first-order chi connectivity index (χ1) is 8.24. The molecule has 1 rings (SSSR count). The van der Waals surface area contributed by atoms with Crippen LogP contribution in [0, 0.1) is 11.8 Å². The maximum Gasteiger partial charge on any atom is 0.344 e. The highest BCUT2D eigenvalue weighted by atomic mass is 16.4. The molecule has 0 bridgehead atoms. The first kappa shape index (κ1) is 13.1. The van der Waals surface area contributed by atoms with E-state index in [9.17, 15) is 4.79 Å². The van der Waals surface area contributed by atoms with Gasteiger partial charge in [0.1, 0.15) is 5.57 Å². The summed E-state index contributed by atoms with van der Waals surface area (Å²) in [5.41, 5.74) is 1.00. The molecule has 0 aromatic heterocycles. The topological polar surface area (TPSA) is 37.3 Å². The van der Waals surface area contributed by atoms with Crippen LogP contribution in [0.4, 0.5) is 0 Å². The molecule has 88 valence electrons. The molecule has 0 atom stereocenters. The summed E-state index contributed by atoms with van der Waals surface area (Å²) in [4.78, 5) is 11.0. The highest BCUT2D eigenvalue weighted by Crippen LogP contribution is 2.06. The van der Waals surface area contributed by atoms with E-state index in [0.717, 1.165) is 24.8 Å². The largest absolute Gasteiger partial charge is 0.477 e. The smallest absolute Gasteiger partial charge is 0.344 e. The van der Waals surface area contributed by atoms with E-state index in [-0.39, 0.29) is 5.57 Å². The normalized spacial score (nSPS) is 10.5. The number of rotatable bonds is 4. The summed E-state index contributed by atoms with van der Waals surface area (Å²) < 4.78 is 0. The highest BCUT2D eigenvalue weighted by Gasteiger charge is 2.02. The predicted octanol–water partition coefficient (Wildman–Crippen LogP) is 3.35. The molecule has 0 amide bonds. The van der Waals surface area contributed by atoms with Gasteiger partial charge in [0.05, 0.1) is 0 Å². The zero-order valence-electron chi connectivity index (χ0n) is 9.94. The molecule has 0 saturated heterocycles. The van der Waals surface area contributed by atoms with Crippen molar-refractivity contribution >= 4 is 12.0 Å². The lowest BCUT2D eigenvalue weighted by Crippen LogP contribution is -1.97. The molecular weight excluding hydrogens is 212 g/mol. The fraction of sp³-hybridized carbons (Fsp3) is 0.267. The number of carboxylic acids is 1. The van der Waals surface area contributed by atoms with Gasteiger partial charge in [0.25, 0.3) is 0 Å². The molecule has 17 heavy (non-hydrogen) atoms. The van der Waals surface area contributed by atoms with Crippen LogP contribution in [0.15, 0.2) is 35.9 Å². The van der Waals surface area contributed by atoms with E-state index in [2.05, 4.69) is 18.8 Å². The molecule has 0 heterocycles. The number of hydrogen-bond donors (Lipinski definition) is 1. The van der Waals surface area contributed by atoms with Gasteiger partial charge in [-0.05, 0) is 18.1 Å². The maximum absolute atomic E-state index is 11.0. The number of hydrogen-bond acceptors (Lipinski definition) is 1. The summed E-state index contributed by atoms with van der Waals surface area (Å²) in [6, 6.07) is 9.35. The second kappa shape index (κ2) is 7.29. The summed E-state index contributed by atoms with van der Waals surface area (Å²) in [5.74, 6) is 4.63. The minimum absolute atomic E-state index is 0.146. The van der Waals surface area contributed by atoms with E-state index in [4.69, 9.17) is 5.11 Å². The van der Waals surface area contributed by atoms with Gasteiger partial charge in [-0.15, -0.1) is 0 Å². The molecule has 0 fully saturated rings. The zero-order valence-corrected chi connectivity index (χ0v) is 9.94. The van der Waals surface area contributed by atoms with Crippen molar-refractivity contribution in [2.45, 2.75) is 26.2 Å². The Balaban J connectivity index is 2.82. The summed E-state index contributed by atoms with van der Waals surface area (Å²) in [6.07, 6.45) is 4.42. The van der Waals surface area contributed by atoms with Crippen molar-refractivity contribution < 1.29 is 9.90 Å². The number of carbonyl (C=O) groups is 1. The molecule has 0 unspecified atom stereocenters. The Morgan fingerprint density at radius 1 is 1.35 bits per heavy atom. The van der Waals surface area contributed by atoms with E-state index in [1.54, 1.807) is 6.08 Å². The lowest BCUT2D eigenvalue weighted by molar-refractivity contribution is -0.132. The van der Waals surface area contributed by atoms with Gasteiger partial charge in [-0.1, -0.05) is 55.5 Å². The van der Waals surface area contributed by atoms with Crippen LogP contribution in [0.2, 0.25) is 0 Å². The Hall–Kier alpha value is -2.01. The molecule has 0 aliphatic carbocycles. The third kappa shape index (κ3) is 5.03. The molecule has 1 N–H and O–H groups in total. The second-order valence-corrected chi connectivity index (χ2v) is 3.68. The zero-order chi connectivity index (χ0) is 12.5. The first-order valence-corrected chi connectivity index (χ1v) is 5.73. The predicted molar refractivity (Wildman–Crippen MR) is 69.4 cm³/mol. The third-order valence-electron chi connectivity index (χ3n) is 2.22. The highest BCUT2D eigenvalue weighted by molar-refractivity contribution is 5.97. The van der Waals surface area contributed by atoms with Crippen LogP contribution < -0.4 is 0 Å². The van der Waals surface area contributed by atoms with Crippen molar-refractivity contribution in [2.75, 3.05) is 0 Å². The Kier molecular flexibility index (Phi) is 5.60. The molecular formula is C15H16O2. The fourth-order valence-electron chi connectivity index (χ4n) is 1.29. The van der Waals surface area contributed by atoms with Crippen molar-refractivity contribution in [3.63, 3.8) is 0 Å². The molecule has 1 aromatic carbocycles. The van der Waals surface area contributed by atoms with Crippen molar-refractivity contribution in [1.82, 2.24) is 0 Å². The average Bonchev–Trinajstić information content (AvgIpc) is 2.34. The fourth-order valence-corrected chi connectivity index (χ4v) is 1.29. The number of benzene rings is 1. The van der Waals surface area contributed by atoms with Crippen LogP contribution in [-0.2, 0) is 4.79 Å². The van der Waals surface area contributed by atoms with Gasteiger partial charge in [0.2, 0.25) is 0 Å². The van der Waals surface area contributed by atoms with Gasteiger partial charge < -0.3 is 5.11 Å². The molecule has 2 nitrogen and oxygen atoms in total. The van der Waals surface area contributed by atoms with E-state index >= 15 is 0 Å². The van der Waals surface area contributed by atoms with Crippen LogP contribution in [0.3, 0.4) is 0 Å². The van der Waals surface area contributed by atoms with Crippen molar-refractivity contribution in [3.8, 4) is 11.8 Å². The molecule has 0 aliphatic heterocycles. The Morgan fingerprint density at radius 2 is 2.06 bits per heavy atom. The number of aliphatic carboxylic acids is 1. The lowest BCUT2D eigenvalue weighted by Gasteiger charge is -1.94. The van der Waals surface area contributed by atoms with Crippen LogP contribution in [0.1, 0.15) is 31.7 Å². The summed E-state index contributed by atoms with van der Waals surface area (Å²) >= 11 is 0. The SMILES string of the molecule is CCCCC#C/C(=C\c1ccccc1)C(=O)O.